The molecule has 0 spiro atoms. The molecule has 2 aromatic carbocycles. The molecule has 0 aromatic heterocycles. The van der Waals surface area contributed by atoms with Crippen LogP contribution >= 0.6 is 0 Å². The zero-order valence-electron chi connectivity index (χ0n) is 14.4. The third-order valence-electron chi connectivity index (χ3n) is 5.01. The molecule has 24 heavy (non-hydrogen) atoms. The van der Waals surface area contributed by atoms with E-state index in [2.05, 4.69) is 49.1 Å². The number of carboxylic acid groups (broad SMARTS) is 1. The van der Waals surface area contributed by atoms with E-state index in [4.69, 9.17) is 0 Å². The van der Waals surface area contributed by atoms with Crippen molar-refractivity contribution < 1.29 is 9.90 Å². The maximum absolute atomic E-state index is 11.8. The van der Waals surface area contributed by atoms with Crippen molar-refractivity contribution >= 4 is 5.97 Å². The van der Waals surface area contributed by atoms with Crippen LogP contribution in [-0.2, 0) is 4.79 Å². The Morgan fingerprint density at radius 2 is 1.88 bits per heavy atom. The summed E-state index contributed by atoms with van der Waals surface area (Å²) in [4.78, 5) is 14.0. The van der Waals surface area contributed by atoms with E-state index in [0.29, 0.717) is 0 Å². The first-order valence-electron chi connectivity index (χ1n) is 8.68. The number of aliphatic carboxylic acids is 1. The van der Waals surface area contributed by atoms with Gasteiger partial charge < -0.3 is 5.11 Å². The van der Waals surface area contributed by atoms with Gasteiger partial charge in [0.2, 0.25) is 0 Å². The molecule has 3 nitrogen and oxygen atoms in total. The first-order chi connectivity index (χ1) is 11.6. The molecule has 1 N–H and O–H groups in total. The molecule has 1 aliphatic heterocycles. The molecule has 0 radical (unpaired) electrons. The van der Waals surface area contributed by atoms with Gasteiger partial charge in [0.25, 0.3) is 0 Å². The van der Waals surface area contributed by atoms with E-state index in [9.17, 15) is 9.90 Å². The fraction of sp³-hybridized carbons (Fsp3) is 0.381. The van der Waals surface area contributed by atoms with Crippen LogP contribution < -0.4 is 0 Å². The Morgan fingerprint density at radius 1 is 1.12 bits per heavy atom. The van der Waals surface area contributed by atoms with Crippen LogP contribution in [0, 0.1) is 13.8 Å². The van der Waals surface area contributed by atoms with Gasteiger partial charge in [0.15, 0.2) is 0 Å². The Kier molecular flexibility index (Phi) is 5.00. The minimum Gasteiger partial charge on any atom is -0.480 e. The summed E-state index contributed by atoms with van der Waals surface area (Å²) in [6.07, 6.45) is 2.77. The van der Waals surface area contributed by atoms with Crippen LogP contribution in [0.1, 0.15) is 47.6 Å². The molecular formula is C21H25NO2. The van der Waals surface area contributed by atoms with E-state index in [0.717, 1.165) is 25.8 Å². The summed E-state index contributed by atoms with van der Waals surface area (Å²) in [5.41, 5.74) is 4.80. The van der Waals surface area contributed by atoms with Gasteiger partial charge >= 0.3 is 5.97 Å². The van der Waals surface area contributed by atoms with Crippen molar-refractivity contribution in [1.82, 2.24) is 4.90 Å². The molecule has 2 unspecified atom stereocenters. The summed E-state index contributed by atoms with van der Waals surface area (Å²) in [5.74, 6) is -0.707. The quantitative estimate of drug-likeness (QED) is 0.910. The van der Waals surface area contributed by atoms with Crippen LogP contribution in [0.2, 0.25) is 0 Å². The Morgan fingerprint density at radius 3 is 2.58 bits per heavy atom. The van der Waals surface area contributed by atoms with Crippen molar-refractivity contribution in [2.75, 3.05) is 6.54 Å². The van der Waals surface area contributed by atoms with Crippen molar-refractivity contribution in [2.45, 2.75) is 45.2 Å². The summed E-state index contributed by atoms with van der Waals surface area (Å²) in [5, 5.41) is 9.73. The fourth-order valence-electron chi connectivity index (χ4n) is 3.77. The van der Waals surface area contributed by atoms with Crippen LogP contribution in [0.5, 0.6) is 0 Å². The van der Waals surface area contributed by atoms with Gasteiger partial charge in [-0.15, -0.1) is 0 Å². The standard InChI is InChI=1S/C21H25NO2/c1-15-11-12-16(2)18(14-15)20(17-8-4-3-5-9-17)22-13-7-6-10-19(22)21(23)24/h3-5,8-9,11-12,14,19-20H,6-7,10,13H2,1-2H3,(H,23,24). The first kappa shape index (κ1) is 16.7. The second-order valence-corrected chi connectivity index (χ2v) is 6.76. The number of hydrogen-bond donors (Lipinski definition) is 1. The molecule has 126 valence electrons. The zero-order chi connectivity index (χ0) is 17.1. The molecular weight excluding hydrogens is 298 g/mol. The van der Waals surface area contributed by atoms with Crippen molar-refractivity contribution in [1.29, 1.82) is 0 Å². The van der Waals surface area contributed by atoms with Crippen LogP contribution in [0.4, 0.5) is 0 Å². The average Bonchev–Trinajstić information content (AvgIpc) is 2.59. The minimum atomic E-state index is -0.707. The predicted molar refractivity (Wildman–Crippen MR) is 96.2 cm³/mol. The summed E-state index contributed by atoms with van der Waals surface area (Å²) < 4.78 is 0. The number of benzene rings is 2. The Hall–Kier alpha value is -2.13. The first-order valence-corrected chi connectivity index (χ1v) is 8.68. The van der Waals surface area contributed by atoms with Crippen molar-refractivity contribution in [3.63, 3.8) is 0 Å². The zero-order valence-corrected chi connectivity index (χ0v) is 14.4. The molecule has 2 atom stereocenters. The Balaban J connectivity index is 2.11. The number of carbonyl (C=O) groups is 1. The SMILES string of the molecule is Cc1ccc(C)c(C(c2ccccc2)N2CCCCC2C(=O)O)c1. The molecule has 3 heteroatoms. The summed E-state index contributed by atoms with van der Waals surface area (Å²) >= 11 is 0. The molecule has 2 aromatic rings. The predicted octanol–water partition coefficient (Wildman–Crippen LogP) is 4.33. The number of carboxylic acids is 1. The van der Waals surface area contributed by atoms with E-state index in [-0.39, 0.29) is 6.04 Å². The Bertz CT molecular complexity index is 711. The molecule has 1 saturated heterocycles. The van der Waals surface area contributed by atoms with Gasteiger partial charge in [0, 0.05) is 0 Å². The lowest BCUT2D eigenvalue weighted by Crippen LogP contribution is -2.47. The highest BCUT2D eigenvalue weighted by molar-refractivity contribution is 5.73. The lowest BCUT2D eigenvalue weighted by Gasteiger charge is -2.40. The molecule has 0 aliphatic carbocycles. The number of rotatable bonds is 4. The van der Waals surface area contributed by atoms with Gasteiger partial charge in [-0.25, -0.2) is 0 Å². The maximum atomic E-state index is 11.8. The fourth-order valence-corrected chi connectivity index (χ4v) is 3.77. The normalized spacial score (nSPS) is 19.8. The molecule has 1 aliphatic rings. The third-order valence-corrected chi connectivity index (χ3v) is 5.01. The number of piperidine rings is 1. The highest BCUT2D eigenvalue weighted by atomic mass is 16.4. The lowest BCUT2D eigenvalue weighted by atomic mass is 9.89. The topological polar surface area (TPSA) is 40.5 Å². The molecule has 0 amide bonds. The minimum absolute atomic E-state index is 0.00694. The number of likely N-dealkylation sites (tertiary alicyclic amines) is 1. The monoisotopic (exact) mass is 323 g/mol. The summed E-state index contributed by atoms with van der Waals surface area (Å²) in [7, 11) is 0. The molecule has 1 heterocycles. The Labute approximate surface area is 143 Å². The van der Waals surface area contributed by atoms with Gasteiger partial charge in [-0.3, -0.25) is 9.69 Å². The average molecular weight is 323 g/mol. The number of hydrogen-bond acceptors (Lipinski definition) is 2. The van der Waals surface area contributed by atoms with Gasteiger partial charge in [0.1, 0.15) is 6.04 Å². The summed E-state index contributed by atoms with van der Waals surface area (Å²) in [6, 6.07) is 16.3. The second-order valence-electron chi connectivity index (χ2n) is 6.76. The lowest BCUT2D eigenvalue weighted by molar-refractivity contribution is -0.145. The summed E-state index contributed by atoms with van der Waals surface area (Å²) in [6.45, 7) is 5.03. The van der Waals surface area contributed by atoms with Gasteiger partial charge in [-0.2, -0.15) is 0 Å². The molecule has 1 fully saturated rings. The van der Waals surface area contributed by atoms with E-state index >= 15 is 0 Å². The molecule has 0 saturated carbocycles. The van der Waals surface area contributed by atoms with E-state index in [1.165, 1.54) is 22.3 Å². The van der Waals surface area contributed by atoms with Crippen LogP contribution in [0.15, 0.2) is 48.5 Å². The van der Waals surface area contributed by atoms with Crippen molar-refractivity contribution in [3.05, 3.63) is 70.8 Å². The van der Waals surface area contributed by atoms with Gasteiger partial charge in [-0.1, -0.05) is 60.5 Å². The van der Waals surface area contributed by atoms with Crippen LogP contribution in [0.25, 0.3) is 0 Å². The largest absolute Gasteiger partial charge is 0.480 e. The van der Waals surface area contributed by atoms with E-state index in [1.807, 2.05) is 18.2 Å². The molecule has 3 rings (SSSR count). The van der Waals surface area contributed by atoms with Crippen molar-refractivity contribution in [3.8, 4) is 0 Å². The smallest absolute Gasteiger partial charge is 0.320 e. The van der Waals surface area contributed by atoms with E-state index < -0.39 is 12.0 Å². The second kappa shape index (κ2) is 7.18. The number of nitrogens with zero attached hydrogens (tertiary/aromatic N) is 1. The maximum Gasteiger partial charge on any atom is 0.320 e. The van der Waals surface area contributed by atoms with Crippen LogP contribution in [0.3, 0.4) is 0 Å². The van der Waals surface area contributed by atoms with Crippen molar-refractivity contribution in [2.24, 2.45) is 0 Å². The van der Waals surface area contributed by atoms with Gasteiger partial charge in [0.05, 0.1) is 6.04 Å². The van der Waals surface area contributed by atoms with E-state index in [1.54, 1.807) is 0 Å². The number of aryl methyl sites for hydroxylation is 2. The van der Waals surface area contributed by atoms with Gasteiger partial charge in [-0.05, 0) is 49.9 Å². The highest BCUT2D eigenvalue weighted by Crippen LogP contribution is 2.36. The highest BCUT2D eigenvalue weighted by Gasteiger charge is 2.35. The van der Waals surface area contributed by atoms with Crippen LogP contribution in [-0.4, -0.2) is 28.6 Å². The molecule has 0 bridgehead atoms. The third kappa shape index (κ3) is 3.36.